The van der Waals surface area contributed by atoms with E-state index in [1.54, 1.807) is 0 Å². The third-order valence-corrected chi connectivity index (χ3v) is 7.07. The van der Waals surface area contributed by atoms with E-state index >= 15 is 0 Å². The molecule has 5 heteroatoms. The first-order valence-corrected chi connectivity index (χ1v) is 12.2. The van der Waals surface area contributed by atoms with E-state index in [1.165, 1.54) is 5.56 Å². The van der Waals surface area contributed by atoms with Crippen molar-refractivity contribution in [2.24, 2.45) is 0 Å². The lowest BCUT2D eigenvalue weighted by Gasteiger charge is -2.26. The van der Waals surface area contributed by atoms with Crippen LogP contribution in [0.5, 0.6) is 0 Å². The van der Waals surface area contributed by atoms with Gasteiger partial charge in [0.15, 0.2) is 5.65 Å². The van der Waals surface area contributed by atoms with Crippen molar-refractivity contribution < 1.29 is 0 Å². The van der Waals surface area contributed by atoms with Gasteiger partial charge in [0.25, 0.3) is 0 Å². The smallest absolute Gasteiger partial charge is 0.157 e. The summed E-state index contributed by atoms with van der Waals surface area (Å²) >= 11 is 0. The van der Waals surface area contributed by atoms with Crippen LogP contribution >= 0.6 is 0 Å². The molecule has 0 amide bonds. The Labute approximate surface area is 205 Å². The van der Waals surface area contributed by atoms with Crippen molar-refractivity contribution in [3.05, 3.63) is 102 Å². The SMILES string of the molecule is Cc1c(-c2ccccc2)c(N2CC[C@H](NCc3ccccc3)C2)n2c(nc3ccccc32)c1C#N. The van der Waals surface area contributed by atoms with Gasteiger partial charge in [0.1, 0.15) is 11.9 Å². The molecule has 0 spiro atoms. The molecule has 1 aliphatic rings. The molecule has 0 unspecified atom stereocenters. The highest BCUT2D eigenvalue weighted by Gasteiger charge is 2.30. The Hall–Kier alpha value is -4.14. The van der Waals surface area contributed by atoms with E-state index in [0.717, 1.165) is 65.2 Å². The maximum Gasteiger partial charge on any atom is 0.157 e. The molecule has 1 N–H and O–H groups in total. The van der Waals surface area contributed by atoms with Crippen LogP contribution in [0.4, 0.5) is 5.82 Å². The number of benzene rings is 3. The molecule has 0 bridgehead atoms. The molecular weight excluding hydrogens is 430 g/mol. The molecular formula is C30H27N5. The van der Waals surface area contributed by atoms with Crippen molar-refractivity contribution in [2.75, 3.05) is 18.0 Å². The number of imidazole rings is 1. The first-order chi connectivity index (χ1) is 17.2. The standard InChI is InChI=1S/C30H27N5/c1-21-25(18-31)29-33-26-14-8-9-15-27(26)35(29)30(28(21)23-12-6-3-7-13-23)34-17-16-24(20-34)32-19-22-10-4-2-5-11-22/h2-15,24,32H,16-17,19-20H2,1H3/t24-/m0/s1. The maximum absolute atomic E-state index is 10.2. The maximum atomic E-state index is 10.2. The Morgan fingerprint density at radius 2 is 1.69 bits per heavy atom. The zero-order valence-corrected chi connectivity index (χ0v) is 19.8. The van der Waals surface area contributed by atoms with Gasteiger partial charge in [-0.05, 0) is 42.2 Å². The number of para-hydroxylation sites is 2. The predicted molar refractivity (Wildman–Crippen MR) is 141 cm³/mol. The molecule has 0 aliphatic carbocycles. The zero-order valence-electron chi connectivity index (χ0n) is 19.8. The second-order valence-electron chi connectivity index (χ2n) is 9.23. The largest absolute Gasteiger partial charge is 0.356 e. The Balaban J connectivity index is 1.50. The number of fused-ring (bicyclic) bond motifs is 3. The third-order valence-electron chi connectivity index (χ3n) is 7.07. The highest BCUT2D eigenvalue weighted by atomic mass is 15.3. The summed E-state index contributed by atoms with van der Waals surface area (Å²) in [6.07, 6.45) is 1.06. The minimum Gasteiger partial charge on any atom is -0.356 e. The van der Waals surface area contributed by atoms with Crippen molar-refractivity contribution in [1.82, 2.24) is 14.7 Å². The number of nitrogens with zero attached hydrogens (tertiary/aromatic N) is 4. The molecule has 1 saturated heterocycles. The van der Waals surface area contributed by atoms with Crippen molar-refractivity contribution in [2.45, 2.75) is 25.9 Å². The number of nitriles is 1. The summed E-state index contributed by atoms with van der Waals surface area (Å²) in [5.74, 6) is 1.13. The Morgan fingerprint density at radius 1 is 0.971 bits per heavy atom. The van der Waals surface area contributed by atoms with E-state index in [2.05, 4.69) is 88.3 Å². The lowest BCUT2D eigenvalue weighted by atomic mass is 9.97. The fraction of sp³-hybridized carbons (Fsp3) is 0.200. The normalized spacial score (nSPS) is 15.7. The molecule has 172 valence electrons. The zero-order chi connectivity index (χ0) is 23.8. The summed E-state index contributed by atoms with van der Waals surface area (Å²) < 4.78 is 2.21. The van der Waals surface area contributed by atoms with Crippen LogP contribution in [0.1, 0.15) is 23.1 Å². The number of hydrogen-bond donors (Lipinski definition) is 1. The number of rotatable bonds is 5. The Kier molecular flexibility index (Phi) is 5.44. The minimum absolute atomic E-state index is 0.389. The van der Waals surface area contributed by atoms with Gasteiger partial charge in [0.05, 0.1) is 16.6 Å². The summed E-state index contributed by atoms with van der Waals surface area (Å²) in [5.41, 5.74) is 7.84. The first kappa shape index (κ1) is 21.4. The number of nitrogens with one attached hydrogen (secondary N) is 1. The van der Waals surface area contributed by atoms with Gasteiger partial charge in [0.2, 0.25) is 0 Å². The Bertz CT molecular complexity index is 1550. The molecule has 1 fully saturated rings. The van der Waals surface area contributed by atoms with E-state index in [0.29, 0.717) is 11.6 Å². The molecule has 0 radical (unpaired) electrons. The fourth-order valence-corrected chi connectivity index (χ4v) is 5.34. The molecule has 1 aliphatic heterocycles. The van der Waals surface area contributed by atoms with Crippen molar-refractivity contribution in [3.63, 3.8) is 0 Å². The highest BCUT2D eigenvalue weighted by molar-refractivity contribution is 5.92. The molecule has 3 aromatic carbocycles. The monoisotopic (exact) mass is 457 g/mol. The van der Waals surface area contributed by atoms with Crippen molar-refractivity contribution in [1.29, 1.82) is 5.26 Å². The van der Waals surface area contributed by atoms with Crippen molar-refractivity contribution >= 4 is 22.5 Å². The molecule has 6 rings (SSSR count). The molecule has 2 aromatic heterocycles. The van der Waals surface area contributed by atoms with E-state index < -0.39 is 0 Å². The minimum atomic E-state index is 0.389. The van der Waals surface area contributed by atoms with E-state index in [9.17, 15) is 5.26 Å². The number of hydrogen-bond acceptors (Lipinski definition) is 4. The third kappa shape index (κ3) is 3.73. The van der Waals surface area contributed by atoms with Gasteiger partial charge in [-0.2, -0.15) is 5.26 Å². The highest BCUT2D eigenvalue weighted by Crippen LogP contribution is 2.40. The summed E-state index contributed by atoms with van der Waals surface area (Å²) in [6.45, 7) is 4.77. The quantitative estimate of drug-likeness (QED) is 0.368. The van der Waals surface area contributed by atoms with Gasteiger partial charge in [-0.25, -0.2) is 4.98 Å². The van der Waals surface area contributed by atoms with Crippen LogP contribution < -0.4 is 10.2 Å². The second kappa shape index (κ2) is 8.90. The van der Waals surface area contributed by atoms with E-state index in [1.807, 2.05) is 24.3 Å². The summed E-state index contributed by atoms with van der Waals surface area (Å²) in [6, 6.07) is 32.0. The number of pyridine rings is 1. The lowest BCUT2D eigenvalue weighted by molar-refractivity contribution is 0.551. The molecule has 5 aromatic rings. The second-order valence-corrected chi connectivity index (χ2v) is 9.23. The molecule has 1 atom stereocenters. The summed E-state index contributed by atoms with van der Waals surface area (Å²) in [5, 5.41) is 13.9. The van der Waals surface area contributed by atoms with Gasteiger partial charge in [0, 0.05) is 31.2 Å². The van der Waals surface area contributed by atoms with E-state index in [4.69, 9.17) is 4.98 Å². The van der Waals surface area contributed by atoms with Crippen molar-refractivity contribution in [3.8, 4) is 17.2 Å². The van der Waals surface area contributed by atoms with Crippen LogP contribution in [0, 0.1) is 18.3 Å². The first-order valence-electron chi connectivity index (χ1n) is 12.2. The van der Waals surface area contributed by atoms with E-state index in [-0.39, 0.29) is 0 Å². The van der Waals surface area contributed by atoms with Gasteiger partial charge in [-0.15, -0.1) is 0 Å². The topological polar surface area (TPSA) is 56.4 Å². The van der Waals surface area contributed by atoms with Gasteiger partial charge < -0.3 is 10.2 Å². The van der Waals surface area contributed by atoms with Crippen LogP contribution in [-0.4, -0.2) is 28.5 Å². The molecule has 0 saturated carbocycles. The van der Waals surface area contributed by atoms with Crippen LogP contribution in [0.2, 0.25) is 0 Å². The number of aromatic nitrogens is 2. The molecule has 5 nitrogen and oxygen atoms in total. The lowest BCUT2D eigenvalue weighted by Crippen LogP contribution is -2.33. The molecule has 35 heavy (non-hydrogen) atoms. The van der Waals surface area contributed by atoms with Gasteiger partial charge in [-0.3, -0.25) is 4.40 Å². The number of anilines is 1. The van der Waals surface area contributed by atoms with Gasteiger partial charge in [-0.1, -0.05) is 72.8 Å². The molecule has 3 heterocycles. The van der Waals surface area contributed by atoms with Crippen LogP contribution in [0.15, 0.2) is 84.9 Å². The Morgan fingerprint density at radius 3 is 2.46 bits per heavy atom. The van der Waals surface area contributed by atoms with Crippen LogP contribution in [0.3, 0.4) is 0 Å². The average molecular weight is 458 g/mol. The fourth-order valence-electron chi connectivity index (χ4n) is 5.34. The summed E-state index contributed by atoms with van der Waals surface area (Å²) in [7, 11) is 0. The van der Waals surface area contributed by atoms with Gasteiger partial charge >= 0.3 is 0 Å². The van der Waals surface area contributed by atoms with Crippen LogP contribution in [0.25, 0.3) is 27.8 Å². The predicted octanol–water partition coefficient (Wildman–Crippen LogP) is 5.70. The van der Waals surface area contributed by atoms with Crippen LogP contribution in [-0.2, 0) is 6.54 Å². The summed E-state index contributed by atoms with van der Waals surface area (Å²) in [4.78, 5) is 7.38. The average Bonchev–Trinajstić information content (AvgIpc) is 3.53.